The minimum Gasteiger partial charge on any atom is -0.508 e. The normalized spacial score (nSPS) is 10.6. The Morgan fingerprint density at radius 3 is 1.92 bits per heavy atom. The Hall–Kier alpha value is -4.51. The zero-order valence-corrected chi connectivity index (χ0v) is 22.1. The second-order valence-electron chi connectivity index (χ2n) is 9.40. The molecule has 194 valence electrons. The molecule has 5 nitrogen and oxygen atoms in total. The summed E-state index contributed by atoms with van der Waals surface area (Å²) < 4.78 is 12.4. The molecule has 0 spiro atoms. The van der Waals surface area contributed by atoms with E-state index in [0.717, 1.165) is 33.4 Å². The predicted octanol–water partition coefficient (Wildman–Crippen LogP) is 7.16. The van der Waals surface area contributed by atoms with Crippen LogP contribution in [0.15, 0.2) is 97.6 Å². The highest BCUT2D eigenvalue weighted by Crippen LogP contribution is 2.35. The number of carbonyl (C=O) groups excluding carboxylic acids is 1. The maximum absolute atomic E-state index is 13.8. The van der Waals surface area contributed by atoms with Crippen molar-refractivity contribution in [3.63, 3.8) is 0 Å². The van der Waals surface area contributed by atoms with E-state index in [0.29, 0.717) is 36.8 Å². The van der Waals surface area contributed by atoms with Gasteiger partial charge in [0.15, 0.2) is 0 Å². The van der Waals surface area contributed by atoms with Crippen LogP contribution in [0.25, 0.3) is 5.57 Å². The molecule has 0 fully saturated rings. The molecule has 0 aliphatic rings. The molecule has 0 radical (unpaired) electrons. The minimum atomic E-state index is -0.201. The molecule has 0 saturated carbocycles. The quantitative estimate of drug-likeness (QED) is 0.247. The molecule has 0 unspecified atom stereocenters. The average Bonchev–Trinajstić information content (AvgIpc) is 2.93. The number of aromatic hydroxyl groups is 1. The summed E-state index contributed by atoms with van der Waals surface area (Å²) in [4.78, 5) is 15.4. The molecule has 0 saturated heterocycles. The van der Waals surface area contributed by atoms with Crippen molar-refractivity contribution in [1.82, 2.24) is 4.90 Å². The van der Waals surface area contributed by atoms with E-state index in [2.05, 4.69) is 6.58 Å². The van der Waals surface area contributed by atoms with Crippen molar-refractivity contribution in [3.8, 4) is 17.2 Å². The molecule has 1 N–H and O–H groups in total. The third kappa shape index (κ3) is 6.43. The number of phenolic OH excluding ortho intramolecular Hbond substituents is 1. The van der Waals surface area contributed by atoms with Crippen LogP contribution in [0.3, 0.4) is 0 Å². The standard InChI is InChI=1S/C33H33NO4/c1-23(2)28-18-29(33(36)34(4)20-27-16-11-17-30(35)24(27)3)32(38-22-26-14-9-6-10-15-26)19-31(28)37-21-25-12-7-5-8-13-25/h5-19,35H,1,20-22H2,2-4H3. The van der Waals surface area contributed by atoms with Gasteiger partial charge in [-0.15, -0.1) is 0 Å². The number of amides is 1. The van der Waals surface area contributed by atoms with Crippen molar-refractivity contribution in [2.45, 2.75) is 33.6 Å². The van der Waals surface area contributed by atoms with E-state index in [4.69, 9.17) is 9.47 Å². The number of phenols is 1. The molecule has 0 bridgehead atoms. The maximum atomic E-state index is 13.8. The first kappa shape index (κ1) is 26.6. The lowest BCUT2D eigenvalue weighted by atomic mass is 10.0. The molecule has 4 rings (SSSR count). The third-order valence-electron chi connectivity index (χ3n) is 6.42. The van der Waals surface area contributed by atoms with Crippen LogP contribution in [0.4, 0.5) is 0 Å². The van der Waals surface area contributed by atoms with Crippen molar-refractivity contribution in [1.29, 1.82) is 0 Å². The van der Waals surface area contributed by atoms with Crippen LogP contribution in [0.2, 0.25) is 0 Å². The minimum absolute atomic E-state index is 0.201. The number of rotatable bonds is 10. The summed E-state index contributed by atoms with van der Waals surface area (Å²) in [5, 5.41) is 10.1. The fourth-order valence-corrected chi connectivity index (χ4v) is 4.15. The molecule has 4 aromatic rings. The van der Waals surface area contributed by atoms with Crippen LogP contribution in [0, 0.1) is 6.92 Å². The number of nitrogens with zero attached hydrogens (tertiary/aromatic N) is 1. The van der Waals surface area contributed by atoms with E-state index in [1.807, 2.05) is 80.6 Å². The smallest absolute Gasteiger partial charge is 0.257 e. The van der Waals surface area contributed by atoms with Crippen molar-refractivity contribution in [3.05, 3.63) is 131 Å². The molecule has 4 aromatic carbocycles. The highest BCUT2D eigenvalue weighted by molar-refractivity contribution is 5.98. The van der Waals surface area contributed by atoms with Gasteiger partial charge in [-0.05, 0) is 53.8 Å². The molecule has 1 amide bonds. The van der Waals surface area contributed by atoms with Gasteiger partial charge in [0, 0.05) is 25.2 Å². The van der Waals surface area contributed by atoms with E-state index in [9.17, 15) is 9.90 Å². The Balaban J connectivity index is 1.68. The number of hydrogen-bond acceptors (Lipinski definition) is 4. The fraction of sp³-hybridized carbons (Fsp3) is 0.182. The topological polar surface area (TPSA) is 59.0 Å². The molecule has 38 heavy (non-hydrogen) atoms. The van der Waals surface area contributed by atoms with Gasteiger partial charge in [-0.2, -0.15) is 0 Å². The van der Waals surface area contributed by atoms with Crippen LogP contribution in [-0.4, -0.2) is 23.0 Å². The molecule has 0 aliphatic carbocycles. The summed E-state index contributed by atoms with van der Waals surface area (Å²) in [5.74, 6) is 1.05. The Morgan fingerprint density at radius 2 is 1.37 bits per heavy atom. The van der Waals surface area contributed by atoms with Gasteiger partial charge in [0.1, 0.15) is 30.5 Å². The van der Waals surface area contributed by atoms with E-state index < -0.39 is 0 Å². The van der Waals surface area contributed by atoms with Crippen LogP contribution < -0.4 is 9.47 Å². The number of allylic oxidation sites excluding steroid dienone is 1. The van der Waals surface area contributed by atoms with Gasteiger partial charge < -0.3 is 19.5 Å². The number of carbonyl (C=O) groups is 1. The zero-order valence-electron chi connectivity index (χ0n) is 22.1. The van der Waals surface area contributed by atoms with Gasteiger partial charge in [-0.1, -0.05) is 79.4 Å². The summed E-state index contributed by atoms with van der Waals surface area (Å²) in [5.41, 5.74) is 5.60. The summed E-state index contributed by atoms with van der Waals surface area (Å²) >= 11 is 0. The number of hydrogen-bond donors (Lipinski definition) is 1. The molecule has 0 atom stereocenters. The Labute approximate surface area is 224 Å². The molecule has 0 heterocycles. The van der Waals surface area contributed by atoms with Gasteiger partial charge >= 0.3 is 0 Å². The third-order valence-corrected chi connectivity index (χ3v) is 6.42. The molecular formula is C33H33NO4. The SMILES string of the molecule is C=C(C)c1cc(C(=O)N(C)Cc2cccc(O)c2C)c(OCc2ccccc2)cc1OCc1ccccc1. The highest BCUT2D eigenvalue weighted by atomic mass is 16.5. The monoisotopic (exact) mass is 507 g/mol. The van der Waals surface area contributed by atoms with Crippen molar-refractivity contribution in [2.24, 2.45) is 0 Å². The molecule has 0 aromatic heterocycles. The van der Waals surface area contributed by atoms with Crippen molar-refractivity contribution < 1.29 is 19.4 Å². The lowest BCUT2D eigenvalue weighted by molar-refractivity contribution is 0.0779. The molecule has 5 heteroatoms. The molecule has 0 aliphatic heterocycles. The van der Waals surface area contributed by atoms with Crippen LogP contribution in [-0.2, 0) is 19.8 Å². The summed E-state index contributed by atoms with van der Waals surface area (Å²) in [6, 6.07) is 28.7. The van der Waals surface area contributed by atoms with E-state index in [-0.39, 0.29) is 11.7 Å². The van der Waals surface area contributed by atoms with Gasteiger partial charge in [0.05, 0.1) is 5.56 Å². The first-order chi connectivity index (χ1) is 18.3. The fourth-order valence-electron chi connectivity index (χ4n) is 4.15. The lowest BCUT2D eigenvalue weighted by Gasteiger charge is -2.22. The first-order valence-electron chi connectivity index (χ1n) is 12.5. The Morgan fingerprint density at radius 1 is 0.816 bits per heavy atom. The van der Waals surface area contributed by atoms with Gasteiger partial charge in [-0.3, -0.25) is 4.79 Å². The first-order valence-corrected chi connectivity index (χ1v) is 12.5. The van der Waals surface area contributed by atoms with Crippen LogP contribution in [0.1, 0.15) is 45.1 Å². The largest absolute Gasteiger partial charge is 0.508 e. The zero-order chi connectivity index (χ0) is 27.1. The van der Waals surface area contributed by atoms with E-state index in [1.165, 1.54) is 0 Å². The van der Waals surface area contributed by atoms with Gasteiger partial charge in [-0.25, -0.2) is 0 Å². The van der Waals surface area contributed by atoms with Gasteiger partial charge in [0.2, 0.25) is 0 Å². The summed E-state index contributed by atoms with van der Waals surface area (Å²) in [6.07, 6.45) is 0. The van der Waals surface area contributed by atoms with Crippen molar-refractivity contribution in [2.75, 3.05) is 7.05 Å². The lowest BCUT2D eigenvalue weighted by Crippen LogP contribution is -2.27. The molecular weight excluding hydrogens is 474 g/mol. The maximum Gasteiger partial charge on any atom is 0.257 e. The van der Waals surface area contributed by atoms with Gasteiger partial charge in [0.25, 0.3) is 5.91 Å². The highest BCUT2D eigenvalue weighted by Gasteiger charge is 2.22. The van der Waals surface area contributed by atoms with E-state index in [1.54, 1.807) is 36.2 Å². The average molecular weight is 508 g/mol. The summed E-state index contributed by atoms with van der Waals surface area (Å²) in [7, 11) is 1.74. The number of benzene rings is 4. The second-order valence-corrected chi connectivity index (χ2v) is 9.40. The predicted molar refractivity (Wildman–Crippen MR) is 151 cm³/mol. The van der Waals surface area contributed by atoms with Crippen LogP contribution in [0.5, 0.6) is 17.2 Å². The van der Waals surface area contributed by atoms with Crippen molar-refractivity contribution >= 4 is 11.5 Å². The second kappa shape index (κ2) is 12.2. The van der Waals surface area contributed by atoms with Crippen LogP contribution >= 0.6 is 0 Å². The number of ether oxygens (including phenoxy) is 2. The Kier molecular flexibility index (Phi) is 8.49. The summed E-state index contributed by atoms with van der Waals surface area (Å²) in [6.45, 7) is 8.88. The van der Waals surface area contributed by atoms with E-state index >= 15 is 0 Å². The Bertz CT molecular complexity index is 1410.